The van der Waals surface area contributed by atoms with Crippen LogP contribution in [0.1, 0.15) is 31.0 Å². The van der Waals surface area contributed by atoms with Crippen molar-refractivity contribution < 1.29 is 4.79 Å². The molecule has 0 spiro atoms. The van der Waals surface area contributed by atoms with Gasteiger partial charge in [-0.15, -0.1) is 0 Å². The minimum Gasteiger partial charge on any atom is -0.326 e. The van der Waals surface area contributed by atoms with Gasteiger partial charge >= 0.3 is 0 Å². The molecule has 0 aliphatic heterocycles. The largest absolute Gasteiger partial charge is 0.326 e. The second kappa shape index (κ2) is 5.32. The molecule has 0 aliphatic carbocycles. The Labute approximate surface area is 96.3 Å². The summed E-state index contributed by atoms with van der Waals surface area (Å²) in [7, 11) is 1.64. The standard InChI is InChI=1S/C13H16N2O/c1-4-11-5-7-12(8-6-11)13(9-14)15(3)10(2)16/h5-8,13H,4H2,1-3H3. The number of amides is 1. The summed E-state index contributed by atoms with van der Waals surface area (Å²) in [5.74, 6) is -0.105. The molecular formula is C13H16N2O. The van der Waals surface area contributed by atoms with Crippen molar-refractivity contribution in [1.82, 2.24) is 4.90 Å². The van der Waals surface area contributed by atoms with Gasteiger partial charge < -0.3 is 4.90 Å². The van der Waals surface area contributed by atoms with E-state index in [-0.39, 0.29) is 5.91 Å². The van der Waals surface area contributed by atoms with Gasteiger partial charge in [0.05, 0.1) is 6.07 Å². The van der Waals surface area contributed by atoms with Crippen molar-refractivity contribution in [2.75, 3.05) is 7.05 Å². The van der Waals surface area contributed by atoms with Crippen LogP contribution in [-0.2, 0) is 11.2 Å². The van der Waals surface area contributed by atoms with Crippen LogP contribution in [0.5, 0.6) is 0 Å². The van der Waals surface area contributed by atoms with Crippen LogP contribution in [0.2, 0.25) is 0 Å². The first-order chi connectivity index (χ1) is 7.60. The van der Waals surface area contributed by atoms with Gasteiger partial charge in [0, 0.05) is 14.0 Å². The van der Waals surface area contributed by atoms with Crippen molar-refractivity contribution in [2.45, 2.75) is 26.3 Å². The van der Waals surface area contributed by atoms with E-state index in [4.69, 9.17) is 5.26 Å². The minimum absolute atomic E-state index is 0.105. The summed E-state index contributed by atoms with van der Waals surface area (Å²) in [6.45, 7) is 3.54. The Morgan fingerprint density at radius 3 is 2.38 bits per heavy atom. The van der Waals surface area contributed by atoms with Gasteiger partial charge in [0.2, 0.25) is 5.91 Å². The normalized spacial score (nSPS) is 11.6. The Morgan fingerprint density at radius 2 is 2.00 bits per heavy atom. The second-order valence-corrected chi connectivity index (χ2v) is 3.76. The van der Waals surface area contributed by atoms with E-state index in [9.17, 15) is 4.79 Å². The lowest BCUT2D eigenvalue weighted by Crippen LogP contribution is -2.28. The Balaban J connectivity index is 2.96. The summed E-state index contributed by atoms with van der Waals surface area (Å²) in [4.78, 5) is 12.7. The van der Waals surface area contributed by atoms with Crippen LogP contribution in [-0.4, -0.2) is 17.9 Å². The summed E-state index contributed by atoms with van der Waals surface area (Å²) >= 11 is 0. The number of benzene rings is 1. The molecule has 3 nitrogen and oxygen atoms in total. The first-order valence-corrected chi connectivity index (χ1v) is 5.32. The number of carbonyl (C=O) groups excluding carboxylic acids is 1. The summed E-state index contributed by atoms with van der Waals surface area (Å²) in [6.07, 6.45) is 0.972. The highest BCUT2D eigenvalue weighted by molar-refractivity contribution is 5.73. The molecule has 0 aromatic heterocycles. The predicted octanol–water partition coefficient (Wildman–Crippen LogP) is 2.29. The van der Waals surface area contributed by atoms with E-state index in [1.165, 1.54) is 17.4 Å². The maximum absolute atomic E-state index is 11.2. The van der Waals surface area contributed by atoms with Gasteiger partial charge in [-0.3, -0.25) is 4.79 Å². The molecule has 16 heavy (non-hydrogen) atoms. The zero-order valence-electron chi connectivity index (χ0n) is 9.90. The van der Waals surface area contributed by atoms with E-state index in [0.717, 1.165) is 12.0 Å². The third-order valence-electron chi connectivity index (χ3n) is 2.71. The molecule has 1 rings (SSSR count). The topological polar surface area (TPSA) is 44.1 Å². The fraction of sp³-hybridized carbons (Fsp3) is 0.385. The quantitative estimate of drug-likeness (QED) is 0.778. The van der Waals surface area contributed by atoms with Gasteiger partial charge in [-0.2, -0.15) is 5.26 Å². The van der Waals surface area contributed by atoms with E-state index in [1.54, 1.807) is 7.05 Å². The SMILES string of the molecule is CCc1ccc(C(C#N)N(C)C(C)=O)cc1. The molecule has 3 heteroatoms. The van der Waals surface area contributed by atoms with Crippen molar-refractivity contribution in [3.05, 3.63) is 35.4 Å². The molecule has 0 bridgehead atoms. The lowest BCUT2D eigenvalue weighted by atomic mass is 10.0. The van der Waals surface area contributed by atoms with Crippen molar-refractivity contribution in [2.24, 2.45) is 0 Å². The monoisotopic (exact) mass is 216 g/mol. The highest BCUT2D eigenvalue weighted by atomic mass is 16.2. The van der Waals surface area contributed by atoms with Crippen molar-refractivity contribution in [3.63, 3.8) is 0 Å². The zero-order valence-corrected chi connectivity index (χ0v) is 9.90. The molecule has 0 radical (unpaired) electrons. The van der Waals surface area contributed by atoms with Gasteiger partial charge in [-0.05, 0) is 17.5 Å². The van der Waals surface area contributed by atoms with E-state index >= 15 is 0 Å². The maximum Gasteiger partial charge on any atom is 0.220 e. The predicted molar refractivity (Wildman–Crippen MR) is 62.6 cm³/mol. The van der Waals surface area contributed by atoms with Crippen LogP contribution in [0.25, 0.3) is 0 Å². The number of aryl methyl sites for hydroxylation is 1. The van der Waals surface area contributed by atoms with E-state index in [2.05, 4.69) is 13.0 Å². The fourth-order valence-corrected chi connectivity index (χ4v) is 1.50. The lowest BCUT2D eigenvalue weighted by Gasteiger charge is -2.21. The van der Waals surface area contributed by atoms with Gasteiger partial charge in [-0.25, -0.2) is 0 Å². The molecule has 1 aromatic rings. The molecule has 1 aromatic carbocycles. The van der Waals surface area contributed by atoms with E-state index < -0.39 is 6.04 Å². The maximum atomic E-state index is 11.2. The number of nitriles is 1. The number of hydrogen-bond acceptors (Lipinski definition) is 2. The van der Waals surface area contributed by atoms with Gasteiger partial charge in [-0.1, -0.05) is 31.2 Å². The van der Waals surface area contributed by atoms with Crippen LogP contribution in [0.15, 0.2) is 24.3 Å². The average Bonchev–Trinajstić information content (AvgIpc) is 2.30. The van der Waals surface area contributed by atoms with Crippen LogP contribution in [0, 0.1) is 11.3 Å². The van der Waals surface area contributed by atoms with Crippen molar-refractivity contribution >= 4 is 5.91 Å². The van der Waals surface area contributed by atoms with Crippen molar-refractivity contribution in [3.8, 4) is 6.07 Å². The summed E-state index contributed by atoms with van der Waals surface area (Å²) in [5, 5.41) is 9.08. The van der Waals surface area contributed by atoms with Crippen LogP contribution >= 0.6 is 0 Å². The number of nitrogens with zero attached hydrogens (tertiary/aromatic N) is 2. The summed E-state index contributed by atoms with van der Waals surface area (Å²) < 4.78 is 0. The molecule has 0 heterocycles. The first kappa shape index (κ1) is 12.3. The van der Waals surface area contributed by atoms with E-state index in [0.29, 0.717) is 0 Å². The number of hydrogen-bond donors (Lipinski definition) is 0. The Bertz CT molecular complexity index is 403. The summed E-state index contributed by atoms with van der Waals surface area (Å²) in [5.41, 5.74) is 2.09. The minimum atomic E-state index is -0.497. The molecular weight excluding hydrogens is 200 g/mol. The molecule has 1 amide bonds. The third-order valence-corrected chi connectivity index (χ3v) is 2.71. The van der Waals surface area contributed by atoms with Crippen LogP contribution in [0.3, 0.4) is 0 Å². The molecule has 1 unspecified atom stereocenters. The van der Waals surface area contributed by atoms with Crippen molar-refractivity contribution in [1.29, 1.82) is 5.26 Å². The van der Waals surface area contributed by atoms with E-state index in [1.807, 2.05) is 24.3 Å². The Hall–Kier alpha value is -1.82. The second-order valence-electron chi connectivity index (χ2n) is 3.76. The van der Waals surface area contributed by atoms with Gasteiger partial charge in [0.1, 0.15) is 6.04 Å². The first-order valence-electron chi connectivity index (χ1n) is 5.32. The van der Waals surface area contributed by atoms with Crippen LogP contribution in [0.4, 0.5) is 0 Å². The highest BCUT2D eigenvalue weighted by Gasteiger charge is 2.18. The van der Waals surface area contributed by atoms with Crippen LogP contribution < -0.4 is 0 Å². The smallest absolute Gasteiger partial charge is 0.220 e. The average molecular weight is 216 g/mol. The molecule has 0 fully saturated rings. The summed E-state index contributed by atoms with van der Waals surface area (Å²) in [6, 6.07) is 9.45. The molecule has 0 saturated heterocycles. The Kier molecular flexibility index (Phi) is 4.07. The van der Waals surface area contributed by atoms with Gasteiger partial charge in [0.25, 0.3) is 0 Å². The molecule has 0 aliphatic rings. The third kappa shape index (κ3) is 2.60. The Morgan fingerprint density at radius 1 is 1.44 bits per heavy atom. The zero-order chi connectivity index (χ0) is 12.1. The molecule has 1 atom stereocenters. The fourth-order valence-electron chi connectivity index (χ4n) is 1.50. The highest BCUT2D eigenvalue weighted by Crippen LogP contribution is 2.19. The molecule has 0 saturated carbocycles. The molecule has 84 valence electrons. The number of carbonyl (C=O) groups is 1. The number of rotatable bonds is 3. The van der Waals surface area contributed by atoms with Gasteiger partial charge in [0.15, 0.2) is 0 Å². The molecule has 0 N–H and O–H groups in total. The lowest BCUT2D eigenvalue weighted by molar-refractivity contribution is -0.128.